The number of nitrogens with one attached hydrogen (secondary N) is 3. The zero-order valence-corrected chi connectivity index (χ0v) is 26.5. The van der Waals surface area contributed by atoms with Gasteiger partial charge in [-0.2, -0.15) is 8.78 Å². The second-order valence-corrected chi connectivity index (χ2v) is 13.7. The Morgan fingerprint density at radius 3 is 2.29 bits per heavy atom. The SMILES string of the molecule is CN[C@]1(CC(F)(F)CN)SC(C)(C)C(NC(=O)OC(C)(C)C)=N[C@]1(C)c1nc(NC(=O)c2ccc(OC(F)F)cn2)ccc1F. The number of aliphatic imine (C=N–C) groups is 1. The van der Waals surface area contributed by atoms with Crippen LogP contribution in [0.5, 0.6) is 5.75 Å². The number of anilines is 1. The molecule has 2 aromatic rings. The summed E-state index contributed by atoms with van der Waals surface area (Å²) in [6.07, 6.45) is -0.872. The van der Waals surface area contributed by atoms with Gasteiger partial charge < -0.3 is 25.8 Å². The first-order valence-electron chi connectivity index (χ1n) is 13.6. The Bertz CT molecular complexity index is 1440. The van der Waals surface area contributed by atoms with Crippen LogP contribution in [0.2, 0.25) is 0 Å². The molecular formula is C28H36F5N7O4S. The third-order valence-electron chi connectivity index (χ3n) is 6.69. The van der Waals surface area contributed by atoms with Gasteiger partial charge in [0.15, 0.2) is 0 Å². The summed E-state index contributed by atoms with van der Waals surface area (Å²) in [4.78, 5) is 36.6. The Labute approximate surface area is 261 Å². The predicted molar refractivity (Wildman–Crippen MR) is 159 cm³/mol. The normalized spacial score (nSPS) is 21.6. The molecule has 0 spiro atoms. The molecule has 248 valence electrons. The molecule has 3 heterocycles. The van der Waals surface area contributed by atoms with Gasteiger partial charge in [-0.1, -0.05) is 0 Å². The molecule has 1 aliphatic rings. The average Bonchev–Trinajstić information content (AvgIpc) is 2.91. The number of nitrogens with zero attached hydrogens (tertiary/aromatic N) is 3. The van der Waals surface area contributed by atoms with Crippen molar-refractivity contribution in [2.45, 2.75) is 81.3 Å². The highest BCUT2D eigenvalue weighted by Gasteiger charge is 2.61. The van der Waals surface area contributed by atoms with E-state index in [4.69, 9.17) is 10.5 Å². The molecule has 3 rings (SSSR count). The maximum Gasteiger partial charge on any atom is 0.413 e. The molecule has 0 aromatic carbocycles. The molecule has 2 amide bonds. The van der Waals surface area contributed by atoms with E-state index in [9.17, 15) is 18.4 Å². The van der Waals surface area contributed by atoms with Crippen molar-refractivity contribution in [3.8, 4) is 5.75 Å². The third-order valence-corrected chi connectivity index (χ3v) is 8.49. The van der Waals surface area contributed by atoms with Crippen LogP contribution in [0, 0.1) is 5.82 Å². The summed E-state index contributed by atoms with van der Waals surface area (Å²) >= 11 is 0.962. The number of carbonyl (C=O) groups excluding carboxylic acids is 2. The number of carbonyl (C=O) groups is 2. The molecule has 45 heavy (non-hydrogen) atoms. The van der Waals surface area contributed by atoms with Crippen LogP contribution in [-0.2, 0) is 10.3 Å². The monoisotopic (exact) mass is 661 g/mol. The number of amides is 2. The van der Waals surface area contributed by atoms with E-state index in [1.807, 2.05) is 0 Å². The van der Waals surface area contributed by atoms with Crippen molar-refractivity contribution in [2.24, 2.45) is 10.7 Å². The maximum absolute atomic E-state index is 15.7. The van der Waals surface area contributed by atoms with Crippen LogP contribution in [0.1, 0.15) is 64.1 Å². The van der Waals surface area contributed by atoms with Crippen molar-refractivity contribution in [3.63, 3.8) is 0 Å². The number of alkyl halides is 4. The van der Waals surface area contributed by atoms with Gasteiger partial charge >= 0.3 is 12.7 Å². The lowest BCUT2D eigenvalue weighted by Crippen LogP contribution is -2.65. The first kappa shape index (κ1) is 35.9. The molecule has 0 fully saturated rings. The van der Waals surface area contributed by atoms with Crippen LogP contribution in [0.4, 0.5) is 32.6 Å². The van der Waals surface area contributed by atoms with Crippen molar-refractivity contribution >= 4 is 35.4 Å². The van der Waals surface area contributed by atoms with E-state index in [0.29, 0.717) is 0 Å². The van der Waals surface area contributed by atoms with Gasteiger partial charge in [0, 0.05) is 6.42 Å². The maximum atomic E-state index is 15.7. The smallest absolute Gasteiger partial charge is 0.413 e. The summed E-state index contributed by atoms with van der Waals surface area (Å²) in [5.41, 5.74) is 1.92. The highest BCUT2D eigenvalue weighted by atomic mass is 32.2. The van der Waals surface area contributed by atoms with E-state index in [-0.39, 0.29) is 23.1 Å². The molecule has 0 radical (unpaired) electrons. The number of hydrogen-bond donors (Lipinski definition) is 4. The van der Waals surface area contributed by atoms with Crippen LogP contribution >= 0.6 is 11.8 Å². The number of halogens is 5. The average molecular weight is 662 g/mol. The highest BCUT2D eigenvalue weighted by molar-refractivity contribution is 8.02. The summed E-state index contributed by atoms with van der Waals surface area (Å²) in [5.74, 6) is -5.70. The second-order valence-electron chi connectivity index (χ2n) is 11.8. The summed E-state index contributed by atoms with van der Waals surface area (Å²) in [6.45, 7) is 5.52. The lowest BCUT2D eigenvalue weighted by atomic mass is 9.82. The predicted octanol–water partition coefficient (Wildman–Crippen LogP) is 5.03. The minimum atomic E-state index is -3.44. The van der Waals surface area contributed by atoms with Crippen molar-refractivity contribution < 1.29 is 41.0 Å². The summed E-state index contributed by atoms with van der Waals surface area (Å²) in [5, 5.41) is 7.91. The molecule has 2 aromatic heterocycles. The van der Waals surface area contributed by atoms with Crippen molar-refractivity contribution in [3.05, 3.63) is 47.7 Å². The van der Waals surface area contributed by atoms with Crippen molar-refractivity contribution in [1.29, 1.82) is 0 Å². The molecule has 1 aliphatic heterocycles. The van der Waals surface area contributed by atoms with Crippen LogP contribution in [0.3, 0.4) is 0 Å². The fourth-order valence-electron chi connectivity index (χ4n) is 4.60. The molecular weight excluding hydrogens is 625 g/mol. The number of nitrogens with two attached hydrogens (primary N) is 1. The molecule has 2 atom stereocenters. The largest absolute Gasteiger partial charge is 0.444 e. The Kier molecular flexibility index (Phi) is 10.4. The van der Waals surface area contributed by atoms with E-state index in [1.165, 1.54) is 14.0 Å². The first-order chi connectivity index (χ1) is 20.7. The number of amidine groups is 1. The van der Waals surface area contributed by atoms with Gasteiger partial charge in [-0.15, -0.1) is 11.8 Å². The number of thioether (sulfide) groups is 1. The van der Waals surface area contributed by atoms with Gasteiger partial charge in [0.2, 0.25) is 0 Å². The first-order valence-corrected chi connectivity index (χ1v) is 14.4. The second kappa shape index (κ2) is 13.0. The Balaban J connectivity index is 2.13. The van der Waals surface area contributed by atoms with E-state index in [0.717, 1.165) is 42.2 Å². The van der Waals surface area contributed by atoms with Gasteiger partial charge in [-0.3, -0.25) is 15.1 Å². The Morgan fingerprint density at radius 1 is 1.09 bits per heavy atom. The molecule has 11 nitrogen and oxygen atoms in total. The zero-order chi connectivity index (χ0) is 34.0. The fraction of sp³-hybridized carbons (Fsp3) is 0.536. The zero-order valence-electron chi connectivity index (χ0n) is 25.7. The number of aromatic nitrogens is 2. The molecule has 5 N–H and O–H groups in total. The van der Waals surface area contributed by atoms with Gasteiger partial charge in [0.1, 0.15) is 50.6 Å². The van der Waals surface area contributed by atoms with Crippen molar-refractivity contribution in [2.75, 3.05) is 18.9 Å². The molecule has 0 unspecified atom stereocenters. The van der Waals surface area contributed by atoms with Gasteiger partial charge in [-0.25, -0.2) is 27.9 Å². The highest BCUT2D eigenvalue weighted by Crippen LogP contribution is 2.56. The number of alkyl carbamates (subject to hydrolysis) is 1. The van der Waals surface area contributed by atoms with Gasteiger partial charge in [0.05, 0.1) is 17.5 Å². The van der Waals surface area contributed by atoms with E-state index >= 15 is 13.2 Å². The standard InChI is InChI=1S/C28H36F5N7O4S/c1-24(2,3)44-23(42)39-21-25(4,5)45-28(35-7,13-27(32,33)14-34)26(6,40-21)19-16(29)9-11-18(37-19)38-20(41)17-10-8-15(12-36-17)43-22(30)31/h8-12,22,35H,13-14,34H2,1-7H3,(H,37,38,41)(H,39,40,42)/t26-,28-/m1/s1. The number of hydrogen-bond acceptors (Lipinski definition) is 10. The summed E-state index contributed by atoms with van der Waals surface area (Å²) < 4.78 is 79.2. The summed E-state index contributed by atoms with van der Waals surface area (Å²) in [6, 6.07) is 4.33. The van der Waals surface area contributed by atoms with Crippen LogP contribution in [0.25, 0.3) is 0 Å². The fourth-order valence-corrected chi connectivity index (χ4v) is 6.39. The van der Waals surface area contributed by atoms with E-state index in [2.05, 4.69) is 35.6 Å². The van der Waals surface area contributed by atoms with Crippen LogP contribution in [0.15, 0.2) is 35.5 Å². The van der Waals surface area contributed by atoms with E-state index in [1.54, 1.807) is 34.6 Å². The number of likely N-dealkylation sites (N-methyl/N-ethyl adjacent to an activating group) is 1. The van der Waals surface area contributed by atoms with Crippen molar-refractivity contribution in [1.82, 2.24) is 20.6 Å². The lowest BCUT2D eigenvalue weighted by molar-refractivity contribution is -0.0501. The molecule has 0 aliphatic carbocycles. The summed E-state index contributed by atoms with van der Waals surface area (Å²) in [7, 11) is 1.41. The van der Waals surface area contributed by atoms with Gasteiger partial charge in [-0.05, 0) is 72.9 Å². The third kappa shape index (κ3) is 8.38. The molecule has 0 saturated carbocycles. The number of pyridine rings is 2. The molecule has 17 heteroatoms. The van der Waals surface area contributed by atoms with E-state index < -0.39 is 69.8 Å². The minimum Gasteiger partial charge on any atom is -0.444 e. The molecule has 0 saturated heterocycles. The Morgan fingerprint density at radius 2 is 1.76 bits per heavy atom. The number of rotatable bonds is 9. The quantitative estimate of drug-likeness (QED) is 0.271. The topological polar surface area (TPSA) is 153 Å². The number of ether oxygens (including phenoxy) is 2. The minimum absolute atomic E-state index is 0.00265. The Hall–Kier alpha value is -3.57. The molecule has 0 bridgehead atoms. The lowest BCUT2D eigenvalue weighted by Gasteiger charge is -2.53. The van der Waals surface area contributed by atoms with Crippen LogP contribution in [-0.4, -0.2) is 69.1 Å². The van der Waals surface area contributed by atoms with Crippen LogP contribution < -0.4 is 26.4 Å². The van der Waals surface area contributed by atoms with Gasteiger partial charge in [0.25, 0.3) is 11.8 Å².